The van der Waals surface area contributed by atoms with E-state index >= 15 is 0 Å². The minimum absolute atomic E-state index is 0.180. The third-order valence-corrected chi connectivity index (χ3v) is 7.66. The van der Waals surface area contributed by atoms with Gasteiger partial charge in [0.25, 0.3) is 0 Å². The Morgan fingerprint density at radius 3 is 2.32 bits per heavy atom. The highest BCUT2D eigenvalue weighted by molar-refractivity contribution is 7.26. The van der Waals surface area contributed by atoms with Gasteiger partial charge in [0, 0.05) is 33.1 Å². The molecule has 2 N–H and O–H groups in total. The Balaban J connectivity index is 1.38. The van der Waals surface area contributed by atoms with Crippen LogP contribution in [0.1, 0.15) is 16.7 Å². The second kappa shape index (κ2) is 11.3. The minimum Gasteiger partial charge on any atom is -0.497 e. The molecule has 0 spiro atoms. The van der Waals surface area contributed by atoms with Crippen LogP contribution in [0, 0.1) is 0 Å². The summed E-state index contributed by atoms with van der Waals surface area (Å²) in [6, 6.07) is 30.9. The van der Waals surface area contributed by atoms with Crippen LogP contribution < -0.4 is 15.4 Å². The summed E-state index contributed by atoms with van der Waals surface area (Å²) in [5, 5.41) is 8.39. The van der Waals surface area contributed by atoms with Crippen molar-refractivity contribution in [2.24, 2.45) is 0 Å². The predicted octanol–water partition coefficient (Wildman–Crippen LogP) is 5.65. The fraction of sp³-hybridized carbons (Fsp3) is 0.161. The van der Waals surface area contributed by atoms with Crippen molar-refractivity contribution in [2.45, 2.75) is 25.4 Å². The number of carbonyl (C=O) groups is 2. The summed E-state index contributed by atoms with van der Waals surface area (Å²) in [7, 11) is 1.61. The van der Waals surface area contributed by atoms with Gasteiger partial charge in [-0.25, -0.2) is 0 Å². The van der Waals surface area contributed by atoms with Gasteiger partial charge in [0.15, 0.2) is 0 Å². The van der Waals surface area contributed by atoms with Gasteiger partial charge in [-0.3, -0.25) is 9.59 Å². The molecule has 1 heterocycles. The number of amides is 2. The third kappa shape index (κ3) is 5.81. The summed E-state index contributed by atoms with van der Waals surface area (Å²) in [6.07, 6.45) is 0.582. The maximum Gasteiger partial charge on any atom is 0.243 e. The summed E-state index contributed by atoms with van der Waals surface area (Å²) in [5.74, 6) is 0.331. The van der Waals surface area contributed by atoms with Crippen molar-refractivity contribution in [1.29, 1.82) is 0 Å². The molecule has 37 heavy (non-hydrogen) atoms. The number of thiophene rings is 1. The summed E-state index contributed by atoms with van der Waals surface area (Å²) < 4.78 is 7.56. The molecule has 5 aromatic rings. The molecular weight excluding hydrogens is 480 g/mol. The number of carbonyl (C=O) groups excluding carboxylic acids is 2. The van der Waals surface area contributed by atoms with E-state index < -0.39 is 6.04 Å². The van der Waals surface area contributed by atoms with Crippen LogP contribution in [0.25, 0.3) is 20.2 Å². The Bertz CT molecular complexity index is 1530. The normalized spacial score (nSPS) is 11.8. The lowest BCUT2D eigenvalue weighted by Gasteiger charge is -2.19. The van der Waals surface area contributed by atoms with E-state index in [4.69, 9.17) is 4.74 Å². The van der Waals surface area contributed by atoms with Gasteiger partial charge in [0.1, 0.15) is 11.8 Å². The van der Waals surface area contributed by atoms with Crippen molar-refractivity contribution >= 4 is 43.3 Å². The molecule has 0 radical (unpaired) electrons. The fourth-order valence-electron chi connectivity index (χ4n) is 4.48. The molecule has 6 heteroatoms. The van der Waals surface area contributed by atoms with Gasteiger partial charge >= 0.3 is 0 Å². The lowest BCUT2D eigenvalue weighted by molar-refractivity contribution is -0.128. The quantitative estimate of drug-likeness (QED) is 0.270. The zero-order valence-electron chi connectivity index (χ0n) is 20.6. The molecule has 5 rings (SSSR count). The maximum absolute atomic E-state index is 13.4. The van der Waals surface area contributed by atoms with E-state index in [0.29, 0.717) is 13.0 Å². The van der Waals surface area contributed by atoms with E-state index in [0.717, 1.165) is 27.1 Å². The molecule has 1 atom stereocenters. The Morgan fingerprint density at radius 1 is 0.811 bits per heavy atom. The van der Waals surface area contributed by atoms with Crippen LogP contribution in [0.5, 0.6) is 5.75 Å². The second-order valence-electron chi connectivity index (χ2n) is 8.94. The Kier molecular flexibility index (Phi) is 7.47. The number of fused-ring (bicyclic) bond motifs is 3. The summed E-state index contributed by atoms with van der Waals surface area (Å²) >= 11 is 1.72. The van der Waals surface area contributed by atoms with Crippen molar-refractivity contribution in [2.75, 3.05) is 7.11 Å². The highest BCUT2D eigenvalue weighted by atomic mass is 32.1. The Morgan fingerprint density at radius 2 is 1.54 bits per heavy atom. The van der Waals surface area contributed by atoms with E-state index in [1.54, 1.807) is 18.4 Å². The van der Waals surface area contributed by atoms with Crippen LogP contribution in [-0.4, -0.2) is 25.0 Å². The average Bonchev–Trinajstić information content (AvgIpc) is 3.32. The van der Waals surface area contributed by atoms with Crippen molar-refractivity contribution in [1.82, 2.24) is 10.6 Å². The van der Waals surface area contributed by atoms with Crippen LogP contribution >= 0.6 is 11.3 Å². The van der Waals surface area contributed by atoms with Crippen molar-refractivity contribution in [3.63, 3.8) is 0 Å². The van der Waals surface area contributed by atoms with Crippen LogP contribution in [0.3, 0.4) is 0 Å². The molecular formula is C31H28N2O3S. The number of hydrogen-bond acceptors (Lipinski definition) is 4. The zero-order chi connectivity index (χ0) is 25.6. The van der Waals surface area contributed by atoms with Gasteiger partial charge in [-0.15, -0.1) is 11.3 Å². The van der Waals surface area contributed by atoms with Gasteiger partial charge in [-0.2, -0.15) is 0 Å². The van der Waals surface area contributed by atoms with Gasteiger partial charge in [-0.1, -0.05) is 78.9 Å². The molecule has 5 nitrogen and oxygen atoms in total. The van der Waals surface area contributed by atoms with E-state index in [1.165, 1.54) is 15.5 Å². The van der Waals surface area contributed by atoms with Gasteiger partial charge in [0.05, 0.1) is 13.5 Å². The van der Waals surface area contributed by atoms with Gasteiger partial charge in [-0.05, 0) is 34.9 Å². The van der Waals surface area contributed by atoms with E-state index in [1.807, 2.05) is 78.9 Å². The van der Waals surface area contributed by atoms with E-state index in [9.17, 15) is 9.59 Å². The number of methoxy groups -OCH3 is 1. The molecule has 1 unspecified atom stereocenters. The van der Waals surface area contributed by atoms with Crippen LogP contribution in [0.15, 0.2) is 97.1 Å². The summed E-state index contributed by atoms with van der Waals surface area (Å²) in [6.45, 7) is 0.400. The van der Waals surface area contributed by atoms with Crippen LogP contribution in [-0.2, 0) is 29.0 Å². The molecule has 1 aromatic heterocycles. The summed E-state index contributed by atoms with van der Waals surface area (Å²) in [4.78, 5) is 26.4. The standard InChI is InChI=1S/C31H28N2O3S/c1-36-24-16-14-21(15-17-24)18-29(34)33-27(31(35)32-20-22-8-3-2-4-9-22)19-23-10-7-12-26-25-11-5-6-13-28(25)37-30(23)26/h2-17,27H,18-20H2,1H3,(H,32,35)(H,33,34). The van der Waals surface area contributed by atoms with Gasteiger partial charge < -0.3 is 15.4 Å². The zero-order valence-corrected chi connectivity index (χ0v) is 21.4. The first-order chi connectivity index (χ1) is 18.1. The average molecular weight is 509 g/mol. The van der Waals surface area contributed by atoms with E-state index in [-0.39, 0.29) is 18.2 Å². The first-order valence-corrected chi connectivity index (χ1v) is 13.1. The summed E-state index contributed by atoms with van der Waals surface area (Å²) in [5.41, 5.74) is 2.91. The third-order valence-electron chi connectivity index (χ3n) is 6.39. The minimum atomic E-state index is -0.703. The first-order valence-electron chi connectivity index (χ1n) is 12.2. The topological polar surface area (TPSA) is 67.4 Å². The molecule has 0 bridgehead atoms. The number of benzene rings is 4. The lowest BCUT2D eigenvalue weighted by atomic mass is 10.0. The SMILES string of the molecule is COc1ccc(CC(=O)NC(Cc2cccc3c2sc2ccccc23)C(=O)NCc2ccccc2)cc1. The predicted molar refractivity (Wildman–Crippen MR) is 150 cm³/mol. The molecule has 0 saturated heterocycles. The highest BCUT2D eigenvalue weighted by Gasteiger charge is 2.23. The highest BCUT2D eigenvalue weighted by Crippen LogP contribution is 2.36. The monoisotopic (exact) mass is 508 g/mol. The second-order valence-corrected chi connectivity index (χ2v) is 10.00. The lowest BCUT2D eigenvalue weighted by Crippen LogP contribution is -2.48. The van der Waals surface area contributed by atoms with E-state index in [2.05, 4.69) is 28.8 Å². The van der Waals surface area contributed by atoms with Gasteiger partial charge in [0.2, 0.25) is 11.8 Å². The van der Waals surface area contributed by atoms with Crippen molar-refractivity contribution in [3.05, 3.63) is 114 Å². The largest absolute Gasteiger partial charge is 0.497 e. The first kappa shape index (κ1) is 24.5. The number of nitrogens with one attached hydrogen (secondary N) is 2. The molecule has 0 saturated carbocycles. The Labute approximate surface area is 220 Å². The fourth-order valence-corrected chi connectivity index (χ4v) is 5.70. The molecule has 2 amide bonds. The number of rotatable bonds is 9. The van der Waals surface area contributed by atoms with Crippen molar-refractivity contribution in [3.8, 4) is 5.75 Å². The number of ether oxygens (including phenoxy) is 1. The molecule has 186 valence electrons. The molecule has 0 aliphatic rings. The molecule has 0 aliphatic carbocycles. The molecule has 0 fully saturated rings. The maximum atomic E-state index is 13.4. The Hall–Kier alpha value is -4.16. The van der Waals surface area contributed by atoms with Crippen molar-refractivity contribution < 1.29 is 14.3 Å². The smallest absolute Gasteiger partial charge is 0.243 e. The van der Waals surface area contributed by atoms with Crippen LogP contribution in [0.4, 0.5) is 0 Å². The molecule has 4 aromatic carbocycles. The number of hydrogen-bond donors (Lipinski definition) is 2. The molecule has 0 aliphatic heterocycles. The van der Waals surface area contributed by atoms with Crippen LogP contribution in [0.2, 0.25) is 0 Å².